The van der Waals surface area contributed by atoms with E-state index in [0.29, 0.717) is 32.1 Å². The maximum atomic E-state index is 16.5. The summed E-state index contributed by atoms with van der Waals surface area (Å²) in [6, 6.07) is 1.71. The van der Waals surface area contributed by atoms with Crippen molar-refractivity contribution in [3.8, 4) is 0 Å². The van der Waals surface area contributed by atoms with Crippen LogP contribution in [0.2, 0.25) is 0 Å². The Morgan fingerprint density at radius 1 is 1.12 bits per heavy atom. The largest absolute Gasteiger partial charge is 0.447 e. The van der Waals surface area contributed by atoms with Gasteiger partial charge in [0.15, 0.2) is 5.82 Å². The monoisotopic (exact) mass is 593 g/mol. The highest BCUT2D eigenvalue weighted by molar-refractivity contribution is 6.07. The fourth-order valence-electron chi connectivity index (χ4n) is 5.27. The number of amides is 2. The van der Waals surface area contributed by atoms with Crippen LogP contribution in [0.1, 0.15) is 62.0 Å². The molecule has 13 heteroatoms. The van der Waals surface area contributed by atoms with Crippen LogP contribution in [0.25, 0.3) is 5.57 Å². The number of aromatic amines is 1. The van der Waals surface area contributed by atoms with Gasteiger partial charge in [-0.2, -0.15) is 0 Å². The molecule has 2 aliphatic heterocycles. The Morgan fingerprint density at radius 3 is 2.40 bits per heavy atom. The maximum Gasteiger partial charge on any atom is 0.410 e. The van der Waals surface area contributed by atoms with Gasteiger partial charge in [-0.3, -0.25) is 14.5 Å². The molecule has 0 saturated carbocycles. The summed E-state index contributed by atoms with van der Waals surface area (Å²) >= 11 is 0. The first-order chi connectivity index (χ1) is 19.8. The van der Waals surface area contributed by atoms with Crippen molar-refractivity contribution < 1.29 is 31.9 Å². The van der Waals surface area contributed by atoms with Gasteiger partial charge in [0.05, 0.1) is 22.9 Å². The summed E-state index contributed by atoms with van der Waals surface area (Å²) in [5.41, 5.74) is -2.82. The highest BCUT2D eigenvalue weighted by Gasteiger charge is 2.33. The first-order valence-electron chi connectivity index (χ1n) is 13.7. The molecule has 1 saturated heterocycles. The molecular weight excluding hydrogens is 558 g/mol. The SMILES string of the molecule is CC(C)OC(=O)N1CCC=C(c2c(F)cc(N3C[C@@H](C)N(C)[C@@H](C)C3)c(NC(=O)c3c[nH]c(=O)cc3C(F)F)c2F)C1. The summed E-state index contributed by atoms with van der Waals surface area (Å²) in [6.07, 6.45) is -1.40. The Hall–Kier alpha value is -3.87. The van der Waals surface area contributed by atoms with Crippen LogP contribution in [0.4, 0.5) is 33.7 Å². The number of alkyl halides is 2. The number of aromatic nitrogens is 1. The van der Waals surface area contributed by atoms with Crippen molar-refractivity contribution in [3.05, 3.63) is 63.1 Å². The molecule has 0 radical (unpaired) electrons. The summed E-state index contributed by atoms with van der Waals surface area (Å²) < 4.78 is 64.9. The third-order valence-corrected chi connectivity index (χ3v) is 7.64. The molecule has 4 rings (SSSR count). The number of anilines is 2. The molecule has 0 bridgehead atoms. The Labute approximate surface area is 241 Å². The third-order valence-electron chi connectivity index (χ3n) is 7.64. The van der Waals surface area contributed by atoms with Crippen LogP contribution < -0.4 is 15.8 Å². The second-order valence-electron chi connectivity index (χ2n) is 11.0. The Morgan fingerprint density at radius 2 is 1.79 bits per heavy atom. The zero-order valence-electron chi connectivity index (χ0n) is 24.1. The minimum atomic E-state index is -3.15. The van der Waals surface area contributed by atoms with E-state index in [1.165, 1.54) is 4.90 Å². The minimum Gasteiger partial charge on any atom is -0.447 e. The molecule has 3 heterocycles. The Balaban J connectivity index is 1.80. The molecule has 2 aromatic rings. The second kappa shape index (κ2) is 12.6. The van der Waals surface area contributed by atoms with Gasteiger partial charge in [-0.1, -0.05) is 6.08 Å². The van der Waals surface area contributed by atoms with Crippen molar-refractivity contribution in [3.63, 3.8) is 0 Å². The van der Waals surface area contributed by atoms with Crippen LogP contribution in [0.15, 0.2) is 29.2 Å². The summed E-state index contributed by atoms with van der Waals surface area (Å²) in [5, 5.41) is 2.39. The summed E-state index contributed by atoms with van der Waals surface area (Å²) in [6.45, 7) is 8.19. The smallest absolute Gasteiger partial charge is 0.410 e. The van der Waals surface area contributed by atoms with Gasteiger partial charge in [-0.25, -0.2) is 22.4 Å². The number of rotatable bonds is 6. The van der Waals surface area contributed by atoms with Gasteiger partial charge in [-0.05, 0) is 46.7 Å². The summed E-state index contributed by atoms with van der Waals surface area (Å²) in [4.78, 5) is 44.8. The molecule has 2 aliphatic rings. The van der Waals surface area contributed by atoms with Crippen molar-refractivity contribution in [1.29, 1.82) is 0 Å². The molecule has 9 nitrogen and oxygen atoms in total. The van der Waals surface area contributed by atoms with E-state index in [0.717, 1.165) is 12.3 Å². The van der Waals surface area contributed by atoms with E-state index in [9.17, 15) is 23.2 Å². The number of likely N-dealkylation sites (N-methyl/N-ethyl adjacent to an activating group) is 1. The normalized spacial score (nSPS) is 19.7. The molecule has 0 unspecified atom stereocenters. The van der Waals surface area contributed by atoms with E-state index < -0.39 is 58.0 Å². The molecule has 1 fully saturated rings. The third kappa shape index (κ3) is 6.45. The van der Waals surface area contributed by atoms with E-state index in [-0.39, 0.29) is 36.0 Å². The van der Waals surface area contributed by atoms with Crippen LogP contribution >= 0.6 is 0 Å². The molecule has 42 heavy (non-hydrogen) atoms. The van der Waals surface area contributed by atoms with Crippen LogP contribution in [0.5, 0.6) is 0 Å². The van der Waals surface area contributed by atoms with Crippen molar-refractivity contribution in [2.75, 3.05) is 43.4 Å². The lowest BCUT2D eigenvalue weighted by atomic mass is 9.97. The highest BCUT2D eigenvalue weighted by Crippen LogP contribution is 2.39. The zero-order valence-corrected chi connectivity index (χ0v) is 24.1. The lowest BCUT2D eigenvalue weighted by Crippen LogP contribution is -2.55. The van der Waals surface area contributed by atoms with Gasteiger partial charge < -0.3 is 24.8 Å². The van der Waals surface area contributed by atoms with Crippen molar-refractivity contribution in [2.24, 2.45) is 0 Å². The number of nitrogens with one attached hydrogen (secondary N) is 2. The highest BCUT2D eigenvalue weighted by atomic mass is 19.3. The Bertz CT molecular complexity index is 1430. The molecule has 2 atom stereocenters. The molecule has 0 spiro atoms. The second-order valence-corrected chi connectivity index (χ2v) is 11.0. The number of hydrogen-bond donors (Lipinski definition) is 2. The number of halogens is 4. The minimum absolute atomic E-state index is 0.00526. The zero-order chi connectivity index (χ0) is 30.9. The number of benzene rings is 1. The standard InChI is InChI=1S/C29H35F4N5O4/c1-15(2)42-29(41)37-8-6-7-18(14-37)24-21(30)10-22(38-12-16(3)36(5)17(4)13-38)26(25(24)31)35-28(40)20-11-34-23(39)9-19(20)27(32)33/h7,9-11,15-17,27H,6,8,12-14H2,1-5H3,(H,34,39)(H,35,40)/t16-,17+. The summed E-state index contributed by atoms with van der Waals surface area (Å²) in [5.74, 6) is -3.11. The van der Waals surface area contributed by atoms with Crippen LogP contribution in [-0.2, 0) is 4.74 Å². The maximum absolute atomic E-state index is 16.5. The predicted molar refractivity (Wildman–Crippen MR) is 151 cm³/mol. The number of ether oxygens (including phenoxy) is 1. The fourth-order valence-corrected chi connectivity index (χ4v) is 5.27. The number of carbonyl (C=O) groups is 2. The topological polar surface area (TPSA) is 98.0 Å². The van der Waals surface area contributed by atoms with Gasteiger partial charge in [0, 0.05) is 62.2 Å². The predicted octanol–water partition coefficient (Wildman–Crippen LogP) is 5.01. The van der Waals surface area contributed by atoms with Crippen LogP contribution in [0, 0.1) is 11.6 Å². The number of H-pyrrole nitrogens is 1. The molecule has 0 aliphatic carbocycles. The average molecular weight is 594 g/mol. The average Bonchev–Trinajstić information content (AvgIpc) is 2.92. The van der Waals surface area contributed by atoms with Gasteiger partial charge in [0.1, 0.15) is 11.5 Å². The molecule has 228 valence electrons. The quantitative estimate of drug-likeness (QED) is 0.458. The number of nitrogens with zero attached hydrogens (tertiary/aromatic N) is 3. The number of hydrogen-bond acceptors (Lipinski definition) is 6. The van der Waals surface area contributed by atoms with E-state index in [1.54, 1.807) is 24.8 Å². The first-order valence-corrected chi connectivity index (χ1v) is 13.7. The van der Waals surface area contributed by atoms with Crippen molar-refractivity contribution >= 4 is 28.9 Å². The molecule has 2 amide bonds. The molecular formula is C29H35F4N5O4. The molecule has 1 aromatic heterocycles. The van der Waals surface area contributed by atoms with Gasteiger partial charge in [-0.15, -0.1) is 0 Å². The van der Waals surface area contributed by atoms with Crippen LogP contribution in [0.3, 0.4) is 0 Å². The number of piperazine rings is 1. The summed E-state index contributed by atoms with van der Waals surface area (Å²) in [7, 11) is 1.94. The molecule has 2 N–H and O–H groups in total. The molecule has 1 aromatic carbocycles. The first kappa shape index (κ1) is 31.1. The van der Waals surface area contributed by atoms with Crippen molar-refractivity contribution in [2.45, 2.75) is 58.7 Å². The van der Waals surface area contributed by atoms with Crippen LogP contribution in [-0.4, -0.2) is 78.2 Å². The van der Waals surface area contributed by atoms with Gasteiger partial charge in [0.2, 0.25) is 5.56 Å². The lowest BCUT2D eigenvalue weighted by Gasteiger charge is -2.44. The fraction of sp³-hybridized carbons (Fsp3) is 0.483. The number of carbonyl (C=O) groups excluding carboxylic acids is 2. The van der Waals surface area contributed by atoms with Crippen molar-refractivity contribution in [1.82, 2.24) is 14.8 Å². The number of pyridine rings is 1. The van der Waals surface area contributed by atoms with E-state index in [1.807, 2.05) is 20.9 Å². The lowest BCUT2D eigenvalue weighted by molar-refractivity contribution is 0.0802. The Kier molecular flexibility index (Phi) is 9.29. The van der Waals surface area contributed by atoms with E-state index in [2.05, 4.69) is 15.2 Å². The van der Waals surface area contributed by atoms with Gasteiger partial charge in [0.25, 0.3) is 12.3 Å². The van der Waals surface area contributed by atoms with Gasteiger partial charge >= 0.3 is 6.09 Å². The van der Waals surface area contributed by atoms with E-state index >= 15 is 8.78 Å². The van der Waals surface area contributed by atoms with E-state index in [4.69, 9.17) is 4.74 Å².